The number of piperidine rings is 1. The zero-order valence-corrected chi connectivity index (χ0v) is 12.3. The molecule has 0 bridgehead atoms. The standard InChI is InChI=1S/C17H20N2O2/c1-21-17(20)16-8-4-5-11-19(16)12-13-9-10-18-15-7-3-2-6-14(13)15/h2-3,6-7,9-10,16H,4-5,8,11-12H2,1H3/t16-/m1/s1. The fourth-order valence-electron chi connectivity index (χ4n) is 3.09. The Morgan fingerprint density at radius 2 is 2.19 bits per heavy atom. The quantitative estimate of drug-likeness (QED) is 0.813. The maximum atomic E-state index is 12.0. The van der Waals surface area contributed by atoms with Gasteiger partial charge in [-0.05, 0) is 37.1 Å². The molecule has 4 nitrogen and oxygen atoms in total. The number of carbonyl (C=O) groups is 1. The van der Waals surface area contributed by atoms with Gasteiger partial charge in [-0.2, -0.15) is 0 Å². The second-order valence-corrected chi connectivity index (χ2v) is 5.49. The van der Waals surface area contributed by atoms with Crippen LogP contribution >= 0.6 is 0 Å². The largest absolute Gasteiger partial charge is 0.468 e. The van der Waals surface area contributed by atoms with Crippen molar-refractivity contribution in [1.29, 1.82) is 0 Å². The number of rotatable bonds is 3. The number of aromatic nitrogens is 1. The Labute approximate surface area is 124 Å². The molecule has 0 N–H and O–H groups in total. The highest BCUT2D eigenvalue weighted by Gasteiger charge is 2.29. The van der Waals surface area contributed by atoms with E-state index in [-0.39, 0.29) is 12.0 Å². The molecule has 110 valence electrons. The summed E-state index contributed by atoms with van der Waals surface area (Å²) in [5.74, 6) is -0.118. The lowest BCUT2D eigenvalue weighted by atomic mass is 10.0. The summed E-state index contributed by atoms with van der Waals surface area (Å²) in [4.78, 5) is 18.6. The average molecular weight is 284 g/mol. The molecule has 3 rings (SSSR count). The van der Waals surface area contributed by atoms with Crippen molar-refractivity contribution in [1.82, 2.24) is 9.88 Å². The number of hydrogen-bond acceptors (Lipinski definition) is 4. The highest BCUT2D eigenvalue weighted by atomic mass is 16.5. The minimum atomic E-state index is -0.118. The van der Waals surface area contributed by atoms with Gasteiger partial charge in [-0.25, -0.2) is 0 Å². The van der Waals surface area contributed by atoms with Crippen LogP contribution in [0.4, 0.5) is 0 Å². The Kier molecular flexibility index (Phi) is 4.15. The van der Waals surface area contributed by atoms with E-state index < -0.39 is 0 Å². The Bertz CT molecular complexity index is 636. The first kappa shape index (κ1) is 14.0. The van der Waals surface area contributed by atoms with E-state index >= 15 is 0 Å². The number of likely N-dealkylation sites (tertiary alicyclic amines) is 1. The molecule has 0 aliphatic carbocycles. The van der Waals surface area contributed by atoms with Crippen molar-refractivity contribution < 1.29 is 9.53 Å². The van der Waals surface area contributed by atoms with Crippen molar-refractivity contribution in [3.05, 3.63) is 42.1 Å². The monoisotopic (exact) mass is 284 g/mol. The van der Waals surface area contributed by atoms with E-state index in [2.05, 4.69) is 16.0 Å². The van der Waals surface area contributed by atoms with E-state index in [1.165, 1.54) is 12.7 Å². The minimum Gasteiger partial charge on any atom is -0.468 e. The molecule has 2 heterocycles. The molecule has 1 fully saturated rings. The van der Waals surface area contributed by atoms with Crippen LogP contribution in [0.25, 0.3) is 10.9 Å². The van der Waals surface area contributed by atoms with Crippen LogP contribution in [0.3, 0.4) is 0 Å². The third kappa shape index (κ3) is 2.90. The molecule has 1 aromatic carbocycles. The summed E-state index contributed by atoms with van der Waals surface area (Å²) in [7, 11) is 1.47. The minimum absolute atomic E-state index is 0.115. The van der Waals surface area contributed by atoms with Gasteiger partial charge in [-0.3, -0.25) is 14.7 Å². The van der Waals surface area contributed by atoms with E-state index in [0.29, 0.717) is 0 Å². The molecule has 0 amide bonds. The van der Waals surface area contributed by atoms with E-state index in [0.717, 1.165) is 43.3 Å². The van der Waals surface area contributed by atoms with Crippen LogP contribution in [0, 0.1) is 0 Å². The second kappa shape index (κ2) is 6.22. The third-order valence-corrected chi connectivity index (χ3v) is 4.20. The molecule has 0 saturated carbocycles. The molecule has 2 aromatic rings. The van der Waals surface area contributed by atoms with Crippen LogP contribution in [0.2, 0.25) is 0 Å². The molecule has 4 heteroatoms. The summed E-state index contributed by atoms with van der Waals surface area (Å²) < 4.78 is 4.95. The number of ether oxygens (including phenoxy) is 1. The van der Waals surface area contributed by atoms with Crippen LogP contribution in [0.1, 0.15) is 24.8 Å². The van der Waals surface area contributed by atoms with Gasteiger partial charge in [0.2, 0.25) is 0 Å². The maximum Gasteiger partial charge on any atom is 0.323 e. The van der Waals surface area contributed by atoms with E-state index in [9.17, 15) is 4.79 Å². The van der Waals surface area contributed by atoms with E-state index in [1.807, 2.05) is 30.5 Å². The first-order valence-electron chi connectivity index (χ1n) is 7.44. The molecule has 0 radical (unpaired) electrons. The number of hydrogen-bond donors (Lipinski definition) is 0. The summed E-state index contributed by atoms with van der Waals surface area (Å²) in [6.45, 7) is 1.71. The lowest BCUT2D eigenvalue weighted by Gasteiger charge is -2.33. The van der Waals surface area contributed by atoms with Crippen LogP contribution < -0.4 is 0 Å². The van der Waals surface area contributed by atoms with Crippen molar-refractivity contribution in [3.63, 3.8) is 0 Å². The molecule has 1 aliphatic rings. The summed E-state index contributed by atoms with van der Waals surface area (Å²) in [6, 6.07) is 10.1. The summed E-state index contributed by atoms with van der Waals surface area (Å²) in [5.41, 5.74) is 2.22. The number of methoxy groups -OCH3 is 1. The molecular formula is C17H20N2O2. The number of esters is 1. The fourth-order valence-corrected chi connectivity index (χ4v) is 3.09. The van der Waals surface area contributed by atoms with Crippen molar-refractivity contribution in [2.45, 2.75) is 31.8 Å². The highest BCUT2D eigenvalue weighted by molar-refractivity contribution is 5.82. The summed E-state index contributed by atoms with van der Waals surface area (Å²) in [5, 5.41) is 1.16. The molecule has 1 saturated heterocycles. The molecule has 1 aliphatic heterocycles. The van der Waals surface area contributed by atoms with Gasteiger partial charge >= 0.3 is 5.97 Å². The smallest absolute Gasteiger partial charge is 0.323 e. The Morgan fingerprint density at radius 1 is 1.33 bits per heavy atom. The Morgan fingerprint density at radius 3 is 3.05 bits per heavy atom. The molecule has 1 aromatic heterocycles. The second-order valence-electron chi connectivity index (χ2n) is 5.49. The SMILES string of the molecule is COC(=O)[C@H]1CCCCN1Cc1ccnc2ccccc12. The summed E-state index contributed by atoms with van der Waals surface area (Å²) >= 11 is 0. The lowest BCUT2D eigenvalue weighted by molar-refractivity contribution is -0.148. The number of carbonyl (C=O) groups excluding carboxylic acids is 1. The van der Waals surface area contributed by atoms with Crippen LogP contribution in [0.5, 0.6) is 0 Å². The summed E-state index contributed by atoms with van der Waals surface area (Å²) in [6.07, 6.45) is 4.95. The van der Waals surface area contributed by atoms with E-state index in [1.54, 1.807) is 0 Å². The van der Waals surface area contributed by atoms with Gasteiger partial charge in [0.1, 0.15) is 6.04 Å². The molecule has 21 heavy (non-hydrogen) atoms. The lowest BCUT2D eigenvalue weighted by Crippen LogP contribution is -2.44. The van der Waals surface area contributed by atoms with Gasteiger partial charge in [0.25, 0.3) is 0 Å². The topological polar surface area (TPSA) is 42.4 Å². The van der Waals surface area contributed by atoms with Gasteiger partial charge in [0.05, 0.1) is 12.6 Å². The van der Waals surface area contributed by atoms with Crippen LogP contribution in [-0.2, 0) is 16.1 Å². The van der Waals surface area contributed by atoms with Gasteiger partial charge < -0.3 is 4.74 Å². The number of para-hydroxylation sites is 1. The molecular weight excluding hydrogens is 264 g/mol. The highest BCUT2D eigenvalue weighted by Crippen LogP contribution is 2.23. The van der Waals surface area contributed by atoms with Crippen molar-refractivity contribution in [2.24, 2.45) is 0 Å². The van der Waals surface area contributed by atoms with Gasteiger partial charge in [-0.1, -0.05) is 24.6 Å². The zero-order valence-electron chi connectivity index (χ0n) is 12.3. The van der Waals surface area contributed by atoms with Crippen LogP contribution in [0.15, 0.2) is 36.5 Å². The fraction of sp³-hybridized carbons (Fsp3) is 0.412. The van der Waals surface area contributed by atoms with Gasteiger partial charge in [-0.15, -0.1) is 0 Å². The third-order valence-electron chi connectivity index (χ3n) is 4.20. The first-order chi connectivity index (χ1) is 10.3. The normalized spacial score (nSPS) is 19.6. The average Bonchev–Trinajstić information content (AvgIpc) is 2.55. The maximum absolute atomic E-state index is 12.0. The van der Waals surface area contributed by atoms with E-state index in [4.69, 9.17) is 4.74 Å². The number of fused-ring (bicyclic) bond motifs is 1. The van der Waals surface area contributed by atoms with Gasteiger partial charge in [0.15, 0.2) is 0 Å². The van der Waals surface area contributed by atoms with Crippen LogP contribution in [-0.4, -0.2) is 35.5 Å². The number of pyridine rings is 1. The zero-order chi connectivity index (χ0) is 14.7. The molecule has 0 unspecified atom stereocenters. The van der Waals surface area contributed by atoms with Gasteiger partial charge in [0, 0.05) is 18.1 Å². The first-order valence-corrected chi connectivity index (χ1v) is 7.44. The van der Waals surface area contributed by atoms with Crippen molar-refractivity contribution in [2.75, 3.05) is 13.7 Å². The Balaban J connectivity index is 1.88. The molecule has 1 atom stereocenters. The van der Waals surface area contributed by atoms with Crippen molar-refractivity contribution in [3.8, 4) is 0 Å². The number of benzene rings is 1. The number of nitrogens with zero attached hydrogens (tertiary/aromatic N) is 2. The predicted molar refractivity (Wildman–Crippen MR) is 81.8 cm³/mol. The van der Waals surface area contributed by atoms with Crippen molar-refractivity contribution >= 4 is 16.9 Å². The molecule has 0 spiro atoms. The predicted octanol–water partition coefficient (Wildman–Crippen LogP) is 2.76. The Hall–Kier alpha value is -1.94.